The minimum absolute atomic E-state index is 0.230. The van der Waals surface area contributed by atoms with Crippen molar-refractivity contribution in [3.05, 3.63) is 50.1 Å². The van der Waals surface area contributed by atoms with Crippen LogP contribution in [-0.2, 0) is 4.79 Å². The van der Waals surface area contributed by atoms with E-state index in [1.165, 1.54) is 0 Å². The summed E-state index contributed by atoms with van der Waals surface area (Å²) in [5.74, 6) is -0.399. The first-order valence-corrected chi connectivity index (χ1v) is 7.76. The van der Waals surface area contributed by atoms with Gasteiger partial charge in [-0.2, -0.15) is 0 Å². The molecule has 0 atom stereocenters. The first-order chi connectivity index (χ1) is 10.5. The van der Waals surface area contributed by atoms with Gasteiger partial charge in [0.25, 0.3) is 11.8 Å². The van der Waals surface area contributed by atoms with E-state index < -0.39 is 11.8 Å². The fourth-order valence-electron chi connectivity index (χ4n) is 1.52. The number of hydrogen-bond donors (Lipinski definition) is 2. The van der Waals surface area contributed by atoms with Gasteiger partial charge in [0.2, 0.25) is 0 Å². The Morgan fingerprint density at radius 3 is 2.59 bits per heavy atom. The highest BCUT2D eigenvalue weighted by atomic mass is 35.5. The van der Waals surface area contributed by atoms with E-state index in [0.29, 0.717) is 20.0 Å². The minimum Gasteiger partial charge on any atom is -0.484 e. The molecular formula is C14H12Cl2N2O3S. The van der Waals surface area contributed by atoms with E-state index in [1.807, 2.05) is 6.92 Å². The summed E-state index contributed by atoms with van der Waals surface area (Å²) in [5, 5.41) is 0.624. The second-order valence-corrected chi connectivity index (χ2v) is 6.43. The first-order valence-electron chi connectivity index (χ1n) is 6.19. The van der Waals surface area contributed by atoms with Gasteiger partial charge in [0, 0.05) is 5.02 Å². The first kappa shape index (κ1) is 16.6. The molecule has 116 valence electrons. The maximum absolute atomic E-state index is 11.7. The third kappa shape index (κ3) is 4.62. The fraction of sp³-hybridized carbons (Fsp3) is 0.143. The van der Waals surface area contributed by atoms with Crippen LogP contribution < -0.4 is 15.6 Å². The normalized spacial score (nSPS) is 10.1. The number of halogens is 2. The van der Waals surface area contributed by atoms with Crippen LogP contribution in [0.25, 0.3) is 0 Å². The number of aryl methyl sites for hydroxylation is 1. The molecule has 2 aromatic rings. The molecule has 0 aliphatic heterocycles. The second kappa shape index (κ2) is 7.49. The standard InChI is InChI=1S/C14H12Cl2N2O3S/c1-8-6-9(2-3-10(8)15)21-7-13(19)17-18-14(20)11-4-5-12(16)22-11/h2-6H,7H2,1H3,(H,17,19)(H,18,20). The minimum atomic E-state index is -0.483. The zero-order chi connectivity index (χ0) is 16.1. The summed E-state index contributed by atoms with van der Waals surface area (Å²) in [5.41, 5.74) is 5.39. The van der Waals surface area contributed by atoms with Gasteiger partial charge < -0.3 is 4.74 Å². The van der Waals surface area contributed by atoms with Gasteiger partial charge in [-0.05, 0) is 42.8 Å². The summed E-state index contributed by atoms with van der Waals surface area (Å²) < 4.78 is 5.80. The van der Waals surface area contributed by atoms with Crippen molar-refractivity contribution in [2.45, 2.75) is 6.92 Å². The number of ether oxygens (including phenoxy) is 1. The monoisotopic (exact) mass is 358 g/mol. The highest BCUT2D eigenvalue weighted by Gasteiger charge is 2.10. The van der Waals surface area contributed by atoms with Gasteiger partial charge in [-0.15, -0.1) is 11.3 Å². The zero-order valence-electron chi connectivity index (χ0n) is 11.5. The lowest BCUT2D eigenvalue weighted by Gasteiger charge is -2.09. The molecule has 0 bridgehead atoms. The number of hydrazine groups is 1. The van der Waals surface area contributed by atoms with Crippen molar-refractivity contribution in [3.63, 3.8) is 0 Å². The molecule has 8 heteroatoms. The highest BCUT2D eigenvalue weighted by Crippen LogP contribution is 2.21. The van der Waals surface area contributed by atoms with Gasteiger partial charge in [-0.25, -0.2) is 0 Å². The molecule has 2 rings (SSSR count). The molecule has 0 radical (unpaired) electrons. The van der Waals surface area contributed by atoms with Gasteiger partial charge in [0.1, 0.15) is 5.75 Å². The number of amides is 2. The van der Waals surface area contributed by atoms with Crippen LogP contribution >= 0.6 is 34.5 Å². The molecular weight excluding hydrogens is 347 g/mol. The number of carbonyl (C=O) groups excluding carboxylic acids is 2. The van der Waals surface area contributed by atoms with Gasteiger partial charge in [-0.1, -0.05) is 23.2 Å². The van der Waals surface area contributed by atoms with Gasteiger partial charge in [-0.3, -0.25) is 20.4 Å². The average Bonchev–Trinajstić information content (AvgIpc) is 2.92. The van der Waals surface area contributed by atoms with Gasteiger partial charge >= 0.3 is 0 Å². The average molecular weight is 359 g/mol. The summed E-state index contributed by atoms with van der Waals surface area (Å²) in [7, 11) is 0. The SMILES string of the molecule is Cc1cc(OCC(=O)NNC(=O)c2ccc(Cl)s2)ccc1Cl. The molecule has 1 heterocycles. The molecule has 2 amide bonds. The van der Waals surface area contributed by atoms with Crippen molar-refractivity contribution in [2.24, 2.45) is 0 Å². The van der Waals surface area contributed by atoms with E-state index in [2.05, 4.69) is 10.9 Å². The predicted octanol–water partition coefficient (Wildman–Crippen LogP) is 3.20. The van der Waals surface area contributed by atoms with E-state index in [9.17, 15) is 9.59 Å². The van der Waals surface area contributed by atoms with E-state index >= 15 is 0 Å². The van der Waals surface area contributed by atoms with Crippen LogP contribution in [0, 0.1) is 6.92 Å². The number of hydrogen-bond acceptors (Lipinski definition) is 4. The highest BCUT2D eigenvalue weighted by molar-refractivity contribution is 7.17. The Morgan fingerprint density at radius 1 is 1.18 bits per heavy atom. The number of benzene rings is 1. The van der Waals surface area contributed by atoms with E-state index in [0.717, 1.165) is 16.9 Å². The van der Waals surface area contributed by atoms with E-state index in [-0.39, 0.29) is 6.61 Å². The topological polar surface area (TPSA) is 67.4 Å². The van der Waals surface area contributed by atoms with Crippen LogP contribution in [-0.4, -0.2) is 18.4 Å². The number of thiophene rings is 1. The molecule has 0 saturated carbocycles. The summed E-state index contributed by atoms with van der Waals surface area (Å²) in [6.45, 7) is 1.61. The van der Waals surface area contributed by atoms with Crippen LogP contribution in [0.3, 0.4) is 0 Å². The van der Waals surface area contributed by atoms with Crippen molar-refractivity contribution < 1.29 is 14.3 Å². The van der Waals surface area contributed by atoms with Crippen molar-refractivity contribution in [2.75, 3.05) is 6.61 Å². The van der Waals surface area contributed by atoms with Crippen molar-refractivity contribution in [1.82, 2.24) is 10.9 Å². The van der Waals surface area contributed by atoms with Gasteiger partial charge in [0.05, 0.1) is 9.21 Å². The number of rotatable bonds is 4. The number of carbonyl (C=O) groups is 2. The lowest BCUT2D eigenvalue weighted by Crippen LogP contribution is -2.43. The van der Waals surface area contributed by atoms with Crippen LogP contribution in [0.4, 0.5) is 0 Å². The fourth-order valence-corrected chi connectivity index (χ4v) is 2.57. The van der Waals surface area contributed by atoms with Crippen LogP contribution in [0.5, 0.6) is 5.75 Å². The Balaban J connectivity index is 1.78. The molecule has 0 unspecified atom stereocenters. The third-order valence-electron chi connectivity index (χ3n) is 2.61. The second-order valence-electron chi connectivity index (χ2n) is 4.31. The Morgan fingerprint density at radius 2 is 1.95 bits per heavy atom. The van der Waals surface area contributed by atoms with Crippen LogP contribution in [0.1, 0.15) is 15.2 Å². The van der Waals surface area contributed by atoms with Crippen molar-refractivity contribution in [3.8, 4) is 5.75 Å². The Labute approximate surface area is 141 Å². The van der Waals surface area contributed by atoms with Crippen molar-refractivity contribution in [1.29, 1.82) is 0 Å². The molecule has 1 aromatic carbocycles. The summed E-state index contributed by atoms with van der Waals surface area (Å²) in [6.07, 6.45) is 0. The molecule has 0 fully saturated rings. The van der Waals surface area contributed by atoms with Crippen molar-refractivity contribution >= 4 is 46.4 Å². The molecule has 1 aromatic heterocycles. The van der Waals surface area contributed by atoms with Gasteiger partial charge in [0.15, 0.2) is 6.61 Å². The van der Waals surface area contributed by atoms with Crippen LogP contribution in [0.2, 0.25) is 9.36 Å². The van der Waals surface area contributed by atoms with Crippen LogP contribution in [0.15, 0.2) is 30.3 Å². The largest absolute Gasteiger partial charge is 0.484 e. The maximum Gasteiger partial charge on any atom is 0.279 e. The molecule has 0 saturated heterocycles. The molecule has 0 aliphatic rings. The molecule has 0 spiro atoms. The lowest BCUT2D eigenvalue weighted by atomic mass is 10.2. The summed E-state index contributed by atoms with van der Waals surface area (Å²) >= 11 is 12.7. The Kier molecular flexibility index (Phi) is 5.65. The third-order valence-corrected chi connectivity index (χ3v) is 4.27. The predicted molar refractivity (Wildman–Crippen MR) is 86.6 cm³/mol. The molecule has 5 nitrogen and oxygen atoms in total. The zero-order valence-corrected chi connectivity index (χ0v) is 13.8. The summed E-state index contributed by atoms with van der Waals surface area (Å²) in [4.78, 5) is 23.7. The molecule has 0 aliphatic carbocycles. The van der Waals surface area contributed by atoms with E-state index in [4.69, 9.17) is 27.9 Å². The lowest BCUT2D eigenvalue weighted by molar-refractivity contribution is -0.123. The molecule has 22 heavy (non-hydrogen) atoms. The number of nitrogens with one attached hydrogen (secondary N) is 2. The molecule has 2 N–H and O–H groups in total. The quantitative estimate of drug-likeness (QED) is 0.824. The van der Waals surface area contributed by atoms with E-state index in [1.54, 1.807) is 30.3 Å². The summed E-state index contributed by atoms with van der Waals surface area (Å²) in [6, 6.07) is 8.25. The smallest absolute Gasteiger partial charge is 0.279 e. The Hall–Kier alpha value is -1.76. The maximum atomic E-state index is 11.7. The Bertz CT molecular complexity index is 703.